The minimum absolute atomic E-state index is 0.117. The molecule has 3 rings (SSSR count). The van der Waals surface area contributed by atoms with Gasteiger partial charge in [0.2, 0.25) is 5.43 Å². The molecule has 0 aliphatic carbocycles. The summed E-state index contributed by atoms with van der Waals surface area (Å²) in [6.07, 6.45) is 1.61. The number of amides is 1. The van der Waals surface area contributed by atoms with E-state index in [1.807, 2.05) is 41.8 Å². The molecule has 1 heterocycles. The maximum atomic E-state index is 12.9. The highest BCUT2D eigenvalue weighted by molar-refractivity contribution is 5.97. The lowest BCUT2D eigenvalue weighted by Gasteiger charge is -2.13. The van der Waals surface area contributed by atoms with Crippen molar-refractivity contribution in [1.82, 2.24) is 9.88 Å². The molecule has 0 aliphatic heterocycles. The number of hydrogen-bond acceptors (Lipinski definition) is 4. The van der Waals surface area contributed by atoms with Gasteiger partial charge in [-0.1, -0.05) is 12.1 Å². The van der Waals surface area contributed by atoms with Gasteiger partial charge in [-0.15, -0.1) is 0 Å². The van der Waals surface area contributed by atoms with Crippen LogP contribution in [0.4, 0.5) is 0 Å². The number of carbonyl (C=O) groups is 1. The summed E-state index contributed by atoms with van der Waals surface area (Å²) in [5.74, 6) is 0.931. The predicted octanol–water partition coefficient (Wildman–Crippen LogP) is 2.97. The number of hydrogen-bond donors (Lipinski definition) is 1. The van der Waals surface area contributed by atoms with Gasteiger partial charge in [-0.05, 0) is 42.8 Å². The highest BCUT2D eigenvalue weighted by Gasteiger charge is 2.15. The number of ether oxygens (including phenoxy) is 2. The number of fused-ring (bicyclic) bond motifs is 1. The maximum absolute atomic E-state index is 12.9. The van der Waals surface area contributed by atoms with Crippen LogP contribution in [0.5, 0.6) is 11.5 Å². The van der Waals surface area contributed by atoms with E-state index in [0.29, 0.717) is 24.2 Å². The second-order valence-electron chi connectivity index (χ2n) is 6.07. The molecule has 6 nitrogen and oxygen atoms in total. The van der Waals surface area contributed by atoms with Crippen LogP contribution in [0.1, 0.15) is 22.8 Å². The summed E-state index contributed by atoms with van der Waals surface area (Å²) < 4.78 is 12.2. The molecule has 0 aliphatic rings. The van der Waals surface area contributed by atoms with Crippen molar-refractivity contribution in [3.05, 3.63) is 70.0 Å². The molecule has 0 radical (unpaired) electrons. The van der Waals surface area contributed by atoms with Gasteiger partial charge in [0.1, 0.15) is 17.1 Å². The molecule has 0 atom stereocenters. The fraction of sp³-hybridized carbons (Fsp3) is 0.238. The van der Waals surface area contributed by atoms with E-state index in [1.165, 1.54) is 0 Å². The maximum Gasteiger partial charge on any atom is 0.257 e. The van der Waals surface area contributed by atoms with Gasteiger partial charge >= 0.3 is 0 Å². The Bertz CT molecular complexity index is 1020. The highest BCUT2D eigenvalue weighted by atomic mass is 16.5. The summed E-state index contributed by atoms with van der Waals surface area (Å²) in [5.41, 5.74) is 1.50. The van der Waals surface area contributed by atoms with Crippen LogP contribution in [0.15, 0.2) is 53.5 Å². The molecule has 1 N–H and O–H groups in total. The van der Waals surface area contributed by atoms with Gasteiger partial charge in [0, 0.05) is 19.3 Å². The lowest BCUT2D eigenvalue weighted by Crippen LogP contribution is -2.29. The van der Waals surface area contributed by atoms with Crippen molar-refractivity contribution in [2.75, 3.05) is 14.2 Å². The average Bonchev–Trinajstić information content (AvgIpc) is 2.72. The molecule has 0 spiro atoms. The number of aromatic nitrogens is 1. The predicted molar refractivity (Wildman–Crippen MR) is 105 cm³/mol. The summed E-state index contributed by atoms with van der Waals surface area (Å²) in [7, 11) is 3.15. The molecule has 0 saturated carbocycles. The van der Waals surface area contributed by atoms with Crippen molar-refractivity contribution in [3.8, 4) is 11.5 Å². The Balaban J connectivity index is 1.91. The van der Waals surface area contributed by atoms with Crippen LogP contribution >= 0.6 is 0 Å². The van der Waals surface area contributed by atoms with E-state index in [0.717, 1.165) is 16.8 Å². The number of carbonyl (C=O) groups excluding carboxylic acids is 1. The summed E-state index contributed by atoms with van der Waals surface area (Å²) >= 11 is 0. The van der Waals surface area contributed by atoms with Crippen molar-refractivity contribution in [1.29, 1.82) is 0 Å². The second kappa shape index (κ2) is 7.95. The molecule has 1 aromatic heterocycles. The first-order chi connectivity index (χ1) is 13.1. The van der Waals surface area contributed by atoms with Crippen molar-refractivity contribution in [2.24, 2.45) is 0 Å². The van der Waals surface area contributed by atoms with Gasteiger partial charge in [-0.25, -0.2) is 0 Å². The molecule has 140 valence electrons. The van der Waals surface area contributed by atoms with Crippen LogP contribution in [0, 0.1) is 0 Å². The lowest BCUT2D eigenvalue weighted by molar-refractivity contribution is 0.0949. The molecular formula is C21H22N2O4. The van der Waals surface area contributed by atoms with Crippen LogP contribution < -0.4 is 20.2 Å². The first-order valence-electron chi connectivity index (χ1n) is 8.69. The minimum Gasteiger partial charge on any atom is -0.497 e. The molecule has 0 fully saturated rings. The first kappa shape index (κ1) is 18.5. The smallest absolute Gasteiger partial charge is 0.257 e. The monoisotopic (exact) mass is 366 g/mol. The molecule has 27 heavy (non-hydrogen) atoms. The number of pyridine rings is 1. The SMILES string of the molecule is CCn1cc(C(=O)NCc2ccc(OC)cc2)c(=O)c2cc(OC)ccc21. The molecule has 6 heteroatoms. The molecular weight excluding hydrogens is 344 g/mol. The third kappa shape index (κ3) is 3.79. The van der Waals surface area contributed by atoms with Crippen molar-refractivity contribution < 1.29 is 14.3 Å². The van der Waals surface area contributed by atoms with Gasteiger partial charge in [-0.2, -0.15) is 0 Å². The van der Waals surface area contributed by atoms with Crippen LogP contribution in [-0.4, -0.2) is 24.7 Å². The summed E-state index contributed by atoms with van der Waals surface area (Å²) in [6.45, 7) is 2.93. The minimum atomic E-state index is -0.400. The fourth-order valence-corrected chi connectivity index (χ4v) is 2.95. The number of aryl methyl sites for hydroxylation is 1. The summed E-state index contributed by atoms with van der Waals surface area (Å²) in [5, 5.41) is 3.28. The Morgan fingerprint density at radius 2 is 1.70 bits per heavy atom. The van der Waals surface area contributed by atoms with Gasteiger partial charge in [0.05, 0.1) is 25.1 Å². The standard InChI is InChI=1S/C21H22N2O4/c1-4-23-13-18(20(24)17-11-16(27-3)9-10-19(17)23)21(25)22-12-14-5-7-15(26-2)8-6-14/h5-11,13H,4,12H2,1-3H3,(H,22,25). The Kier molecular flexibility index (Phi) is 5.45. The third-order valence-corrected chi connectivity index (χ3v) is 4.48. The van der Waals surface area contributed by atoms with Crippen LogP contribution in [0.2, 0.25) is 0 Å². The largest absolute Gasteiger partial charge is 0.497 e. The van der Waals surface area contributed by atoms with Gasteiger partial charge < -0.3 is 19.4 Å². The molecule has 2 aromatic carbocycles. The number of nitrogens with zero attached hydrogens (tertiary/aromatic N) is 1. The lowest BCUT2D eigenvalue weighted by atomic mass is 10.1. The van der Waals surface area contributed by atoms with Crippen LogP contribution in [0.25, 0.3) is 10.9 Å². The van der Waals surface area contributed by atoms with Crippen LogP contribution in [-0.2, 0) is 13.1 Å². The first-order valence-corrected chi connectivity index (χ1v) is 8.69. The van der Waals surface area contributed by atoms with Crippen molar-refractivity contribution in [2.45, 2.75) is 20.0 Å². The Labute approximate surface area is 157 Å². The molecule has 0 saturated heterocycles. The molecule has 3 aromatic rings. The van der Waals surface area contributed by atoms with Crippen molar-refractivity contribution >= 4 is 16.8 Å². The fourth-order valence-electron chi connectivity index (χ4n) is 2.95. The summed E-state index contributed by atoms with van der Waals surface area (Å²) in [6, 6.07) is 12.7. The zero-order valence-electron chi connectivity index (χ0n) is 15.6. The number of nitrogens with one attached hydrogen (secondary N) is 1. The second-order valence-corrected chi connectivity index (χ2v) is 6.07. The van der Waals surface area contributed by atoms with Gasteiger partial charge in [0.25, 0.3) is 5.91 Å². The molecule has 0 unspecified atom stereocenters. The number of benzene rings is 2. The quantitative estimate of drug-likeness (QED) is 0.728. The molecule has 0 bridgehead atoms. The number of methoxy groups -OCH3 is 2. The highest BCUT2D eigenvalue weighted by Crippen LogP contribution is 2.19. The zero-order valence-corrected chi connectivity index (χ0v) is 15.6. The topological polar surface area (TPSA) is 69.6 Å². The van der Waals surface area contributed by atoms with E-state index in [9.17, 15) is 9.59 Å². The Morgan fingerprint density at radius 3 is 2.33 bits per heavy atom. The van der Waals surface area contributed by atoms with E-state index < -0.39 is 5.91 Å². The van der Waals surface area contributed by atoms with Gasteiger partial charge in [-0.3, -0.25) is 9.59 Å². The Hall–Kier alpha value is -3.28. The van der Waals surface area contributed by atoms with Crippen molar-refractivity contribution in [3.63, 3.8) is 0 Å². The van der Waals surface area contributed by atoms with E-state index in [1.54, 1.807) is 32.5 Å². The normalized spacial score (nSPS) is 10.6. The zero-order chi connectivity index (χ0) is 19.4. The third-order valence-electron chi connectivity index (χ3n) is 4.48. The van der Waals surface area contributed by atoms with E-state index in [4.69, 9.17) is 9.47 Å². The Morgan fingerprint density at radius 1 is 1.04 bits per heavy atom. The number of rotatable bonds is 6. The van der Waals surface area contributed by atoms with E-state index >= 15 is 0 Å². The van der Waals surface area contributed by atoms with E-state index in [2.05, 4.69) is 5.32 Å². The van der Waals surface area contributed by atoms with E-state index in [-0.39, 0.29) is 11.0 Å². The summed E-state index contributed by atoms with van der Waals surface area (Å²) in [4.78, 5) is 25.5. The van der Waals surface area contributed by atoms with Crippen LogP contribution in [0.3, 0.4) is 0 Å². The van der Waals surface area contributed by atoms with Gasteiger partial charge in [0.15, 0.2) is 0 Å². The average molecular weight is 366 g/mol. The molecule has 1 amide bonds.